The second-order valence-corrected chi connectivity index (χ2v) is 9.37. The number of piperidine rings is 1. The Hall–Kier alpha value is -3.34. The van der Waals surface area contributed by atoms with E-state index >= 15 is 0 Å². The Morgan fingerprint density at radius 1 is 1.29 bits per heavy atom. The van der Waals surface area contributed by atoms with Gasteiger partial charge in [0.1, 0.15) is 29.6 Å². The molecule has 4 rings (SSSR count). The molecule has 2 atom stereocenters. The number of carbonyl (C=O) groups excluding carboxylic acids is 3. The van der Waals surface area contributed by atoms with Gasteiger partial charge in [-0.25, -0.2) is 4.79 Å². The molecule has 0 spiro atoms. The number of imide groups is 1. The van der Waals surface area contributed by atoms with Crippen LogP contribution in [0.2, 0.25) is 0 Å². The summed E-state index contributed by atoms with van der Waals surface area (Å²) in [4.78, 5) is 41.9. The standard InChI is InChI=1S/C23H30N4O7/c1-23(2,3)34-22(30)27-10-11-31-14(12-27)13-32-16-7-5-6-15-19(16)26(4)21(24-15)33-17-8-9-18(28)25-20(17)29/h5-7,14,17H,8-13H2,1-4H3,(H,25,28,29)/t14-,17?/m1/s1. The predicted molar refractivity (Wildman–Crippen MR) is 121 cm³/mol. The fourth-order valence-electron chi connectivity index (χ4n) is 3.84. The summed E-state index contributed by atoms with van der Waals surface area (Å²) < 4.78 is 24.8. The van der Waals surface area contributed by atoms with Crippen LogP contribution >= 0.6 is 0 Å². The monoisotopic (exact) mass is 474 g/mol. The van der Waals surface area contributed by atoms with Gasteiger partial charge in [-0.05, 0) is 32.9 Å². The first-order valence-electron chi connectivity index (χ1n) is 11.3. The van der Waals surface area contributed by atoms with Gasteiger partial charge < -0.3 is 23.8 Å². The first-order chi connectivity index (χ1) is 16.1. The van der Waals surface area contributed by atoms with Crippen LogP contribution < -0.4 is 14.8 Å². The zero-order valence-corrected chi connectivity index (χ0v) is 19.8. The maximum absolute atomic E-state index is 12.4. The molecule has 0 saturated carbocycles. The number of morpholine rings is 1. The van der Waals surface area contributed by atoms with Crippen molar-refractivity contribution in [3.8, 4) is 11.8 Å². The van der Waals surface area contributed by atoms with Gasteiger partial charge in [-0.15, -0.1) is 0 Å². The third kappa shape index (κ3) is 5.41. The quantitative estimate of drug-likeness (QED) is 0.651. The van der Waals surface area contributed by atoms with Gasteiger partial charge in [-0.2, -0.15) is 4.98 Å². The largest absolute Gasteiger partial charge is 0.489 e. The minimum atomic E-state index is -0.785. The first kappa shape index (κ1) is 23.8. The van der Waals surface area contributed by atoms with E-state index in [4.69, 9.17) is 18.9 Å². The van der Waals surface area contributed by atoms with Crippen molar-refractivity contribution in [2.45, 2.75) is 51.4 Å². The molecule has 184 valence electrons. The van der Waals surface area contributed by atoms with Crippen molar-refractivity contribution in [1.82, 2.24) is 19.8 Å². The van der Waals surface area contributed by atoms with E-state index in [1.54, 1.807) is 16.5 Å². The molecule has 1 unspecified atom stereocenters. The van der Waals surface area contributed by atoms with E-state index in [2.05, 4.69) is 10.3 Å². The van der Waals surface area contributed by atoms with E-state index < -0.39 is 17.6 Å². The Morgan fingerprint density at radius 2 is 2.09 bits per heavy atom. The molecule has 0 radical (unpaired) electrons. The number of imidazole rings is 1. The molecule has 3 heterocycles. The Balaban J connectivity index is 1.43. The van der Waals surface area contributed by atoms with Crippen molar-refractivity contribution in [3.05, 3.63) is 18.2 Å². The Morgan fingerprint density at radius 3 is 2.82 bits per heavy atom. The van der Waals surface area contributed by atoms with Crippen molar-refractivity contribution in [3.63, 3.8) is 0 Å². The summed E-state index contributed by atoms with van der Waals surface area (Å²) in [6.07, 6.45) is -0.957. The summed E-state index contributed by atoms with van der Waals surface area (Å²) in [6, 6.07) is 5.70. The minimum Gasteiger partial charge on any atom is -0.489 e. The van der Waals surface area contributed by atoms with Gasteiger partial charge in [0, 0.05) is 26.4 Å². The smallest absolute Gasteiger partial charge is 0.410 e. The molecule has 2 aliphatic heterocycles. The highest BCUT2D eigenvalue weighted by Gasteiger charge is 2.31. The van der Waals surface area contributed by atoms with Crippen molar-refractivity contribution in [2.24, 2.45) is 7.05 Å². The average Bonchev–Trinajstić information content (AvgIpc) is 3.09. The number of amides is 3. The van der Waals surface area contributed by atoms with E-state index in [-0.39, 0.29) is 37.1 Å². The van der Waals surface area contributed by atoms with E-state index in [1.807, 2.05) is 39.0 Å². The average molecular weight is 475 g/mol. The van der Waals surface area contributed by atoms with Crippen LogP contribution in [0.15, 0.2) is 18.2 Å². The fraction of sp³-hybridized carbons (Fsp3) is 0.565. The van der Waals surface area contributed by atoms with Crippen molar-refractivity contribution >= 4 is 28.9 Å². The summed E-state index contributed by atoms with van der Waals surface area (Å²) >= 11 is 0. The van der Waals surface area contributed by atoms with Gasteiger partial charge >= 0.3 is 6.09 Å². The Kier molecular flexibility index (Phi) is 6.65. The zero-order valence-electron chi connectivity index (χ0n) is 19.8. The third-order valence-corrected chi connectivity index (χ3v) is 5.47. The highest BCUT2D eigenvalue weighted by Crippen LogP contribution is 2.30. The van der Waals surface area contributed by atoms with Gasteiger partial charge in [0.25, 0.3) is 11.9 Å². The van der Waals surface area contributed by atoms with Crippen LogP contribution in [0.3, 0.4) is 0 Å². The molecule has 11 nitrogen and oxygen atoms in total. The molecule has 2 saturated heterocycles. The molecule has 34 heavy (non-hydrogen) atoms. The molecular formula is C23H30N4O7. The second-order valence-electron chi connectivity index (χ2n) is 9.37. The number of para-hydroxylation sites is 1. The molecule has 1 aromatic heterocycles. The molecule has 3 amide bonds. The molecule has 0 aliphatic carbocycles. The van der Waals surface area contributed by atoms with Crippen LogP contribution in [-0.4, -0.2) is 76.5 Å². The lowest BCUT2D eigenvalue weighted by Crippen LogP contribution is -2.49. The lowest BCUT2D eigenvalue weighted by Gasteiger charge is -2.34. The maximum Gasteiger partial charge on any atom is 0.410 e. The number of fused-ring (bicyclic) bond motifs is 1. The van der Waals surface area contributed by atoms with Crippen LogP contribution in [-0.2, 0) is 26.1 Å². The Labute approximate surface area is 197 Å². The number of nitrogens with zero attached hydrogens (tertiary/aromatic N) is 3. The molecule has 1 aromatic carbocycles. The highest BCUT2D eigenvalue weighted by atomic mass is 16.6. The van der Waals surface area contributed by atoms with Gasteiger partial charge in [-0.3, -0.25) is 19.5 Å². The summed E-state index contributed by atoms with van der Waals surface area (Å²) in [6.45, 7) is 6.94. The predicted octanol–water partition coefficient (Wildman–Crippen LogP) is 1.77. The second kappa shape index (κ2) is 9.49. The van der Waals surface area contributed by atoms with Gasteiger partial charge in [0.05, 0.1) is 18.7 Å². The number of hydrogen-bond donors (Lipinski definition) is 1. The molecule has 2 aliphatic rings. The summed E-state index contributed by atoms with van der Waals surface area (Å²) in [7, 11) is 1.77. The molecular weight excluding hydrogens is 444 g/mol. The van der Waals surface area contributed by atoms with E-state index in [0.29, 0.717) is 42.9 Å². The molecule has 0 bridgehead atoms. The molecule has 11 heteroatoms. The summed E-state index contributed by atoms with van der Waals surface area (Å²) in [5.41, 5.74) is 0.774. The lowest BCUT2D eigenvalue weighted by atomic mass is 10.1. The number of hydrogen-bond acceptors (Lipinski definition) is 8. The number of benzene rings is 1. The van der Waals surface area contributed by atoms with Gasteiger partial charge in [0.15, 0.2) is 6.10 Å². The summed E-state index contributed by atoms with van der Waals surface area (Å²) in [5.74, 6) is -0.201. The fourth-order valence-corrected chi connectivity index (χ4v) is 3.84. The lowest BCUT2D eigenvalue weighted by molar-refractivity contribution is -0.139. The SMILES string of the molecule is Cn1c(OC2CCC(=O)NC2=O)nc2cccc(OC[C@H]3CN(C(=O)OC(C)(C)C)CCO3)c21. The van der Waals surface area contributed by atoms with Gasteiger partial charge in [0.2, 0.25) is 5.91 Å². The maximum atomic E-state index is 12.4. The third-order valence-electron chi connectivity index (χ3n) is 5.47. The van der Waals surface area contributed by atoms with Crippen LogP contribution in [0.25, 0.3) is 11.0 Å². The highest BCUT2D eigenvalue weighted by molar-refractivity contribution is 6.00. The summed E-state index contributed by atoms with van der Waals surface area (Å²) in [5, 5.41) is 2.28. The van der Waals surface area contributed by atoms with Crippen molar-refractivity contribution < 1.29 is 33.3 Å². The van der Waals surface area contributed by atoms with E-state index in [0.717, 1.165) is 0 Å². The number of nitrogens with one attached hydrogen (secondary N) is 1. The first-order valence-corrected chi connectivity index (χ1v) is 11.3. The molecule has 2 aromatic rings. The topological polar surface area (TPSA) is 121 Å². The minimum absolute atomic E-state index is 0.219. The van der Waals surface area contributed by atoms with Crippen LogP contribution in [0, 0.1) is 0 Å². The number of aromatic nitrogens is 2. The van der Waals surface area contributed by atoms with E-state index in [1.165, 1.54) is 0 Å². The number of aryl methyl sites for hydroxylation is 1. The van der Waals surface area contributed by atoms with Crippen molar-refractivity contribution in [2.75, 3.05) is 26.3 Å². The van der Waals surface area contributed by atoms with Crippen molar-refractivity contribution in [1.29, 1.82) is 0 Å². The number of ether oxygens (including phenoxy) is 4. The number of rotatable bonds is 5. The molecule has 1 N–H and O–H groups in total. The van der Waals surface area contributed by atoms with E-state index in [9.17, 15) is 14.4 Å². The molecule has 2 fully saturated rings. The number of carbonyl (C=O) groups is 3. The van der Waals surface area contributed by atoms with Crippen LogP contribution in [0.1, 0.15) is 33.6 Å². The van der Waals surface area contributed by atoms with Crippen LogP contribution in [0.5, 0.6) is 11.8 Å². The van der Waals surface area contributed by atoms with Crippen LogP contribution in [0.4, 0.5) is 4.79 Å². The zero-order chi connectivity index (χ0) is 24.5. The normalized spacial score (nSPS) is 21.4. The van der Waals surface area contributed by atoms with Gasteiger partial charge in [-0.1, -0.05) is 6.07 Å². The Bertz CT molecular complexity index is 1090.